The van der Waals surface area contributed by atoms with E-state index in [1.165, 1.54) is 0 Å². The van der Waals surface area contributed by atoms with Crippen LogP contribution in [0, 0.1) is 0 Å². The van der Waals surface area contributed by atoms with Gasteiger partial charge in [0.05, 0.1) is 19.3 Å². The molecule has 0 radical (unpaired) electrons. The fourth-order valence-electron chi connectivity index (χ4n) is 1.92. The van der Waals surface area contributed by atoms with E-state index in [2.05, 4.69) is 34.5 Å². The minimum Gasteiger partial charge on any atom is -0.383 e. The van der Waals surface area contributed by atoms with Crippen molar-refractivity contribution in [2.75, 3.05) is 54.1 Å². The number of methoxy groups -OCH3 is 1. The second kappa shape index (κ2) is 8.29. The Kier molecular flexibility index (Phi) is 7.00. The first kappa shape index (κ1) is 15.2. The molecule has 0 aliphatic carbocycles. The van der Waals surface area contributed by atoms with Gasteiger partial charge in [-0.1, -0.05) is 0 Å². The number of morpholine rings is 1. The first-order valence-corrected chi connectivity index (χ1v) is 6.42. The third-order valence-corrected chi connectivity index (χ3v) is 2.86. The number of guanidine groups is 1. The Bertz CT molecular complexity index is 260. The van der Waals surface area contributed by atoms with Gasteiger partial charge in [-0.3, -0.25) is 4.99 Å². The van der Waals surface area contributed by atoms with Crippen molar-refractivity contribution >= 4 is 5.96 Å². The minimum absolute atomic E-state index is 0.222. The zero-order valence-corrected chi connectivity index (χ0v) is 11.9. The summed E-state index contributed by atoms with van der Waals surface area (Å²) in [5, 5.41) is 6.54. The molecule has 0 spiro atoms. The molecule has 0 bridgehead atoms. The van der Waals surface area contributed by atoms with Crippen molar-refractivity contribution in [3.63, 3.8) is 0 Å². The molecule has 1 heterocycles. The number of nitrogens with zero attached hydrogens (tertiary/aromatic N) is 2. The molecule has 1 aliphatic rings. The lowest BCUT2D eigenvalue weighted by Gasteiger charge is -2.30. The van der Waals surface area contributed by atoms with E-state index in [0.717, 1.165) is 32.2 Å². The van der Waals surface area contributed by atoms with Crippen LogP contribution in [0.4, 0.5) is 0 Å². The number of ether oxygens (including phenoxy) is 2. The Labute approximate surface area is 110 Å². The van der Waals surface area contributed by atoms with Crippen molar-refractivity contribution in [3.8, 4) is 0 Å². The summed E-state index contributed by atoms with van der Waals surface area (Å²) >= 11 is 0. The van der Waals surface area contributed by atoms with Crippen molar-refractivity contribution in [2.45, 2.75) is 19.1 Å². The SMILES string of the molecule is CN=C(NCC1CN(C)CCO1)NC(C)COC. The van der Waals surface area contributed by atoms with Crippen LogP contribution in [0.15, 0.2) is 4.99 Å². The van der Waals surface area contributed by atoms with E-state index < -0.39 is 0 Å². The molecule has 0 aromatic heterocycles. The maximum absolute atomic E-state index is 5.68. The zero-order valence-electron chi connectivity index (χ0n) is 11.9. The van der Waals surface area contributed by atoms with Gasteiger partial charge in [-0.15, -0.1) is 0 Å². The van der Waals surface area contributed by atoms with Crippen LogP contribution in [0.5, 0.6) is 0 Å². The lowest BCUT2D eigenvalue weighted by Crippen LogP contribution is -2.50. The van der Waals surface area contributed by atoms with Gasteiger partial charge in [0.25, 0.3) is 0 Å². The number of nitrogens with one attached hydrogen (secondary N) is 2. The normalized spacial score (nSPS) is 23.8. The molecule has 0 aromatic carbocycles. The highest BCUT2D eigenvalue weighted by atomic mass is 16.5. The van der Waals surface area contributed by atoms with Gasteiger partial charge in [0, 0.05) is 39.8 Å². The van der Waals surface area contributed by atoms with Gasteiger partial charge in [-0.2, -0.15) is 0 Å². The summed E-state index contributed by atoms with van der Waals surface area (Å²) in [5.74, 6) is 0.788. The molecule has 0 amide bonds. The van der Waals surface area contributed by atoms with Crippen LogP contribution in [-0.2, 0) is 9.47 Å². The molecule has 2 unspecified atom stereocenters. The van der Waals surface area contributed by atoms with Crippen molar-refractivity contribution in [2.24, 2.45) is 4.99 Å². The number of likely N-dealkylation sites (N-methyl/N-ethyl adjacent to an activating group) is 1. The second-order valence-corrected chi connectivity index (χ2v) is 4.71. The molecule has 1 fully saturated rings. The largest absolute Gasteiger partial charge is 0.383 e. The van der Waals surface area contributed by atoms with E-state index in [1.807, 2.05) is 0 Å². The summed E-state index contributed by atoms with van der Waals surface area (Å²) in [6.45, 7) is 6.25. The average Bonchev–Trinajstić information content (AvgIpc) is 2.35. The van der Waals surface area contributed by atoms with Crippen LogP contribution >= 0.6 is 0 Å². The molecule has 0 saturated carbocycles. The fraction of sp³-hybridized carbons (Fsp3) is 0.917. The van der Waals surface area contributed by atoms with Gasteiger partial charge in [0.15, 0.2) is 5.96 Å². The maximum atomic E-state index is 5.68. The summed E-state index contributed by atoms with van der Waals surface area (Å²) in [4.78, 5) is 6.46. The third kappa shape index (κ3) is 5.66. The number of rotatable bonds is 5. The monoisotopic (exact) mass is 258 g/mol. The third-order valence-electron chi connectivity index (χ3n) is 2.86. The average molecular weight is 258 g/mol. The summed E-state index contributed by atoms with van der Waals surface area (Å²) in [6.07, 6.45) is 0.222. The van der Waals surface area contributed by atoms with Gasteiger partial charge in [0.2, 0.25) is 0 Å². The molecular weight excluding hydrogens is 232 g/mol. The number of hydrogen-bond acceptors (Lipinski definition) is 4. The van der Waals surface area contributed by atoms with Crippen LogP contribution < -0.4 is 10.6 Å². The van der Waals surface area contributed by atoms with Crippen LogP contribution in [0.2, 0.25) is 0 Å². The molecule has 18 heavy (non-hydrogen) atoms. The van der Waals surface area contributed by atoms with Gasteiger partial charge in [-0.05, 0) is 14.0 Å². The fourth-order valence-corrected chi connectivity index (χ4v) is 1.92. The molecular formula is C12H26N4O2. The summed E-state index contributed by atoms with van der Waals surface area (Å²) in [7, 11) is 5.58. The lowest BCUT2D eigenvalue weighted by atomic mass is 10.3. The summed E-state index contributed by atoms with van der Waals surface area (Å²) in [6, 6.07) is 0.233. The summed E-state index contributed by atoms with van der Waals surface area (Å²) in [5.41, 5.74) is 0. The molecule has 2 N–H and O–H groups in total. The van der Waals surface area contributed by atoms with Crippen molar-refractivity contribution in [1.82, 2.24) is 15.5 Å². The van der Waals surface area contributed by atoms with Gasteiger partial charge in [0.1, 0.15) is 0 Å². The predicted octanol–water partition coefficient (Wildman–Crippen LogP) is -0.483. The van der Waals surface area contributed by atoms with Crippen molar-refractivity contribution in [1.29, 1.82) is 0 Å². The second-order valence-electron chi connectivity index (χ2n) is 4.71. The standard InChI is InChI=1S/C12H26N4O2/c1-10(9-17-4)15-12(13-2)14-7-11-8-16(3)5-6-18-11/h10-11H,5-9H2,1-4H3,(H2,13,14,15). The Balaban J connectivity index is 2.26. The molecule has 6 nitrogen and oxygen atoms in total. The Hall–Kier alpha value is -0.850. The zero-order chi connectivity index (χ0) is 13.4. The first-order chi connectivity index (χ1) is 8.65. The highest BCUT2D eigenvalue weighted by Crippen LogP contribution is 2.01. The predicted molar refractivity (Wildman–Crippen MR) is 73.1 cm³/mol. The Morgan fingerprint density at radius 3 is 3.00 bits per heavy atom. The van der Waals surface area contributed by atoms with Crippen LogP contribution in [0.25, 0.3) is 0 Å². The molecule has 106 valence electrons. The van der Waals surface area contributed by atoms with Crippen molar-refractivity contribution in [3.05, 3.63) is 0 Å². The number of aliphatic imine (C=N–C) groups is 1. The van der Waals surface area contributed by atoms with E-state index in [-0.39, 0.29) is 12.1 Å². The Morgan fingerprint density at radius 1 is 1.61 bits per heavy atom. The summed E-state index contributed by atoms with van der Waals surface area (Å²) < 4.78 is 10.8. The molecule has 0 aromatic rings. The van der Waals surface area contributed by atoms with Gasteiger partial charge in [-0.25, -0.2) is 0 Å². The molecule has 1 aliphatic heterocycles. The van der Waals surface area contributed by atoms with Crippen LogP contribution in [0.3, 0.4) is 0 Å². The highest BCUT2D eigenvalue weighted by molar-refractivity contribution is 5.79. The van der Waals surface area contributed by atoms with Crippen LogP contribution in [0.1, 0.15) is 6.92 Å². The number of hydrogen-bond donors (Lipinski definition) is 2. The first-order valence-electron chi connectivity index (χ1n) is 6.42. The minimum atomic E-state index is 0.222. The van der Waals surface area contributed by atoms with E-state index in [0.29, 0.717) is 6.61 Å². The Morgan fingerprint density at radius 2 is 2.39 bits per heavy atom. The van der Waals surface area contributed by atoms with E-state index in [1.54, 1.807) is 14.2 Å². The molecule has 1 rings (SSSR count). The lowest BCUT2D eigenvalue weighted by molar-refractivity contribution is -0.0161. The van der Waals surface area contributed by atoms with E-state index >= 15 is 0 Å². The van der Waals surface area contributed by atoms with Gasteiger partial charge >= 0.3 is 0 Å². The van der Waals surface area contributed by atoms with E-state index in [9.17, 15) is 0 Å². The smallest absolute Gasteiger partial charge is 0.191 e. The topological polar surface area (TPSA) is 58.1 Å². The van der Waals surface area contributed by atoms with Gasteiger partial charge < -0.3 is 25.0 Å². The molecule has 1 saturated heterocycles. The van der Waals surface area contributed by atoms with Crippen molar-refractivity contribution < 1.29 is 9.47 Å². The quantitative estimate of drug-likeness (QED) is 0.515. The maximum Gasteiger partial charge on any atom is 0.191 e. The van der Waals surface area contributed by atoms with E-state index in [4.69, 9.17) is 9.47 Å². The molecule has 2 atom stereocenters. The van der Waals surface area contributed by atoms with Crippen LogP contribution in [-0.4, -0.2) is 77.1 Å². The molecule has 6 heteroatoms. The highest BCUT2D eigenvalue weighted by Gasteiger charge is 2.17.